The third kappa shape index (κ3) is 2.66. The Labute approximate surface area is 121 Å². The summed E-state index contributed by atoms with van der Waals surface area (Å²) in [5.41, 5.74) is 6.22. The summed E-state index contributed by atoms with van der Waals surface area (Å²) in [7, 11) is -0.940. The summed E-state index contributed by atoms with van der Waals surface area (Å²) < 4.78 is 33.2. The Kier molecular flexibility index (Phi) is 3.78. The van der Waals surface area contributed by atoms with E-state index in [-0.39, 0.29) is 21.4 Å². The molecule has 0 atom stereocenters. The number of benzene rings is 1. The topological polar surface area (TPSA) is 99.2 Å². The maximum Gasteiger partial charge on any atom is 0.280 e. The van der Waals surface area contributed by atoms with Crippen molar-refractivity contribution in [3.8, 4) is 5.75 Å². The lowest BCUT2D eigenvalue weighted by atomic mass is 10.2. The summed E-state index contributed by atoms with van der Waals surface area (Å²) in [6, 6.07) is 4.66. The molecular weight excluding hydrogens is 304 g/mol. The second-order valence-corrected chi connectivity index (χ2v) is 5.98. The van der Waals surface area contributed by atoms with Gasteiger partial charge in [0.25, 0.3) is 10.0 Å². The van der Waals surface area contributed by atoms with Gasteiger partial charge in [-0.15, -0.1) is 0 Å². The number of aryl methyl sites for hydroxylation is 1. The van der Waals surface area contributed by atoms with Crippen LogP contribution in [0.2, 0.25) is 5.02 Å². The summed E-state index contributed by atoms with van der Waals surface area (Å²) in [4.78, 5) is 0. The number of sulfonamides is 1. The van der Waals surface area contributed by atoms with Crippen molar-refractivity contribution in [1.29, 1.82) is 0 Å². The molecule has 2 rings (SSSR count). The Balaban J connectivity index is 2.43. The molecule has 2 aromatic rings. The quantitative estimate of drug-likeness (QED) is 0.832. The zero-order valence-electron chi connectivity index (χ0n) is 10.8. The number of nitrogens with two attached hydrogens (primary N) is 1. The highest BCUT2D eigenvalue weighted by molar-refractivity contribution is 7.92. The van der Waals surface area contributed by atoms with E-state index in [1.165, 1.54) is 31.1 Å². The number of nitrogens with zero attached hydrogens (tertiary/aromatic N) is 2. The van der Waals surface area contributed by atoms with Crippen LogP contribution in [-0.2, 0) is 17.1 Å². The van der Waals surface area contributed by atoms with Gasteiger partial charge in [0.1, 0.15) is 5.75 Å². The van der Waals surface area contributed by atoms with Crippen LogP contribution in [0.3, 0.4) is 0 Å². The molecule has 0 aliphatic rings. The summed E-state index contributed by atoms with van der Waals surface area (Å²) >= 11 is 5.84. The first-order chi connectivity index (χ1) is 9.35. The van der Waals surface area contributed by atoms with E-state index in [0.717, 1.165) is 0 Å². The standard InChI is InChI=1S/C11H13ClN4O3S/c1-16-11(8(12)6-14-16)20(17,18)15-10-5-7(19-2)3-4-9(10)13/h3-6,15H,13H2,1-2H3. The van der Waals surface area contributed by atoms with Crippen molar-refractivity contribution in [2.45, 2.75) is 5.03 Å². The van der Waals surface area contributed by atoms with Crippen LogP contribution in [0.15, 0.2) is 29.4 Å². The minimum Gasteiger partial charge on any atom is -0.497 e. The van der Waals surface area contributed by atoms with E-state index in [9.17, 15) is 8.42 Å². The van der Waals surface area contributed by atoms with Crippen molar-refractivity contribution in [1.82, 2.24) is 9.78 Å². The Hall–Kier alpha value is -1.93. The number of ether oxygens (including phenoxy) is 1. The molecule has 0 aliphatic heterocycles. The molecule has 9 heteroatoms. The molecule has 0 unspecified atom stereocenters. The van der Waals surface area contributed by atoms with Gasteiger partial charge in [-0.2, -0.15) is 13.5 Å². The predicted octanol–water partition coefficient (Wildman–Crippen LogP) is 1.47. The van der Waals surface area contributed by atoms with E-state index in [1.54, 1.807) is 12.1 Å². The summed E-state index contributed by atoms with van der Waals surface area (Å²) in [6.45, 7) is 0. The normalized spacial score (nSPS) is 11.3. The third-order valence-electron chi connectivity index (χ3n) is 2.60. The lowest BCUT2D eigenvalue weighted by Gasteiger charge is -2.12. The van der Waals surface area contributed by atoms with Gasteiger partial charge in [-0.1, -0.05) is 11.6 Å². The number of rotatable bonds is 4. The van der Waals surface area contributed by atoms with Crippen molar-refractivity contribution in [2.75, 3.05) is 17.6 Å². The summed E-state index contributed by atoms with van der Waals surface area (Å²) in [5, 5.41) is 3.68. The average Bonchev–Trinajstić information content (AvgIpc) is 2.72. The molecule has 0 amide bonds. The molecule has 0 radical (unpaired) electrons. The van der Waals surface area contributed by atoms with E-state index >= 15 is 0 Å². The molecule has 108 valence electrons. The molecule has 0 bridgehead atoms. The molecule has 7 nitrogen and oxygen atoms in total. The van der Waals surface area contributed by atoms with Gasteiger partial charge in [0.2, 0.25) is 0 Å². The van der Waals surface area contributed by atoms with Gasteiger partial charge < -0.3 is 10.5 Å². The van der Waals surface area contributed by atoms with Crippen LogP contribution >= 0.6 is 11.6 Å². The van der Waals surface area contributed by atoms with Crippen LogP contribution in [0, 0.1) is 0 Å². The molecule has 1 aromatic carbocycles. The van der Waals surface area contributed by atoms with E-state index < -0.39 is 10.0 Å². The van der Waals surface area contributed by atoms with Gasteiger partial charge in [0.05, 0.1) is 29.7 Å². The minimum absolute atomic E-state index is 0.0291. The Morgan fingerprint density at radius 1 is 1.45 bits per heavy atom. The van der Waals surface area contributed by atoms with E-state index in [2.05, 4.69) is 9.82 Å². The number of aromatic nitrogens is 2. The molecule has 1 heterocycles. The van der Waals surface area contributed by atoms with Gasteiger partial charge in [0, 0.05) is 13.1 Å². The second-order valence-electron chi connectivity index (χ2n) is 3.98. The molecule has 20 heavy (non-hydrogen) atoms. The van der Waals surface area contributed by atoms with Gasteiger partial charge in [-0.25, -0.2) is 0 Å². The number of anilines is 2. The first-order valence-electron chi connectivity index (χ1n) is 5.49. The van der Waals surface area contributed by atoms with Crippen LogP contribution in [0.4, 0.5) is 11.4 Å². The van der Waals surface area contributed by atoms with E-state index in [0.29, 0.717) is 5.75 Å². The molecule has 3 N–H and O–H groups in total. The Bertz CT molecular complexity index is 723. The fourth-order valence-electron chi connectivity index (χ4n) is 1.65. The van der Waals surface area contributed by atoms with Crippen molar-refractivity contribution in [2.24, 2.45) is 7.05 Å². The minimum atomic E-state index is -3.90. The number of nitrogen functional groups attached to an aromatic ring is 1. The smallest absolute Gasteiger partial charge is 0.280 e. The molecule has 0 saturated carbocycles. The van der Waals surface area contributed by atoms with E-state index in [1.807, 2.05) is 0 Å². The lowest BCUT2D eigenvalue weighted by Crippen LogP contribution is -2.18. The largest absolute Gasteiger partial charge is 0.497 e. The highest BCUT2D eigenvalue weighted by atomic mass is 35.5. The van der Waals surface area contributed by atoms with Crippen LogP contribution in [0.1, 0.15) is 0 Å². The molecule has 0 spiro atoms. The number of nitrogens with one attached hydrogen (secondary N) is 1. The van der Waals surface area contributed by atoms with Crippen LogP contribution in [0.5, 0.6) is 5.75 Å². The lowest BCUT2D eigenvalue weighted by molar-refractivity contribution is 0.415. The fourth-order valence-corrected chi connectivity index (χ4v) is 3.38. The van der Waals surface area contributed by atoms with Gasteiger partial charge >= 0.3 is 0 Å². The number of hydrogen-bond acceptors (Lipinski definition) is 5. The fraction of sp³-hybridized carbons (Fsp3) is 0.182. The predicted molar refractivity (Wildman–Crippen MR) is 76.4 cm³/mol. The van der Waals surface area contributed by atoms with Crippen LogP contribution < -0.4 is 15.2 Å². The Morgan fingerprint density at radius 2 is 2.15 bits per heavy atom. The molecular formula is C11H13ClN4O3S. The number of halogens is 1. The van der Waals surface area contributed by atoms with Crippen molar-refractivity contribution >= 4 is 33.0 Å². The monoisotopic (exact) mass is 316 g/mol. The molecule has 1 aromatic heterocycles. The SMILES string of the molecule is COc1ccc(N)c(NS(=O)(=O)c2c(Cl)cnn2C)c1. The van der Waals surface area contributed by atoms with E-state index in [4.69, 9.17) is 22.1 Å². The zero-order valence-corrected chi connectivity index (χ0v) is 12.4. The number of methoxy groups -OCH3 is 1. The first-order valence-corrected chi connectivity index (χ1v) is 7.35. The Morgan fingerprint density at radius 3 is 2.70 bits per heavy atom. The van der Waals surface area contributed by atoms with Gasteiger partial charge in [0.15, 0.2) is 5.03 Å². The van der Waals surface area contributed by atoms with Crippen molar-refractivity contribution in [3.05, 3.63) is 29.4 Å². The maximum absolute atomic E-state index is 12.3. The van der Waals surface area contributed by atoms with Crippen molar-refractivity contribution < 1.29 is 13.2 Å². The summed E-state index contributed by atoms with van der Waals surface area (Å²) in [5.74, 6) is 0.480. The van der Waals surface area contributed by atoms with Crippen LogP contribution in [-0.4, -0.2) is 25.3 Å². The molecule has 0 aliphatic carbocycles. The second kappa shape index (κ2) is 5.22. The van der Waals surface area contributed by atoms with Crippen molar-refractivity contribution in [3.63, 3.8) is 0 Å². The van der Waals surface area contributed by atoms with Gasteiger partial charge in [-0.3, -0.25) is 9.40 Å². The van der Waals surface area contributed by atoms with Crippen LogP contribution in [0.25, 0.3) is 0 Å². The number of hydrogen-bond donors (Lipinski definition) is 2. The van der Waals surface area contributed by atoms with Gasteiger partial charge in [-0.05, 0) is 12.1 Å². The first kappa shape index (κ1) is 14.5. The molecule has 0 fully saturated rings. The zero-order chi connectivity index (χ0) is 14.9. The maximum atomic E-state index is 12.3. The molecule has 0 saturated heterocycles. The summed E-state index contributed by atoms with van der Waals surface area (Å²) in [6.07, 6.45) is 1.26. The average molecular weight is 317 g/mol. The third-order valence-corrected chi connectivity index (χ3v) is 4.47. The highest BCUT2D eigenvalue weighted by Crippen LogP contribution is 2.28. The highest BCUT2D eigenvalue weighted by Gasteiger charge is 2.23.